The molecule has 0 atom stereocenters. The normalized spacial score (nSPS) is 30.1. The van der Waals surface area contributed by atoms with Crippen LogP contribution in [0.15, 0.2) is 23.0 Å². The zero-order chi connectivity index (χ0) is 21.3. The molecule has 4 saturated carbocycles. The molecule has 1 heterocycles. The lowest BCUT2D eigenvalue weighted by Gasteiger charge is -2.56. The summed E-state index contributed by atoms with van der Waals surface area (Å²) in [5.74, 6) is 3.03. The molecule has 0 amide bonds. The fraction of sp³-hybridized carbons (Fsp3) is 0.640. The lowest BCUT2D eigenvalue weighted by molar-refractivity contribution is -0.144. The van der Waals surface area contributed by atoms with Crippen LogP contribution in [0.25, 0.3) is 11.0 Å². The Bertz CT molecular complexity index is 1040. The highest BCUT2D eigenvalue weighted by atomic mass is 16.5. The summed E-state index contributed by atoms with van der Waals surface area (Å²) in [6, 6.07) is 5.58. The number of Topliss-reactive ketones (excluding diaryl/α,β-unsaturated/α-hetero) is 1. The maximum atomic E-state index is 13.8. The molecule has 2 aromatic rings. The number of carbonyl (C=O) groups is 1. The van der Waals surface area contributed by atoms with Crippen molar-refractivity contribution in [2.75, 3.05) is 7.11 Å². The first-order valence-corrected chi connectivity index (χ1v) is 11.3. The summed E-state index contributed by atoms with van der Waals surface area (Å²) in [6.07, 6.45) is 6.96. The zero-order valence-corrected chi connectivity index (χ0v) is 18.5. The predicted octanol–water partition coefficient (Wildman–Crippen LogP) is 4.49. The number of ether oxygens (including phenoxy) is 1. The lowest BCUT2D eigenvalue weighted by atomic mass is 9.48. The second-order valence-electron chi connectivity index (χ2n) is 11.1. The first-order chi connectivity index (χ1) is 14.2. The van der Waals surface area contributed by atoms with Crippen molar-refractivity contribution in [3.8, 4) is 5.75 Å². The molecule has 30 heavy (non-hydrogen) atoms. The Balaban J connectivity index is 1.60. The second kappa shape index (κ2) is 6.66. The van der Waals surface area contributed by atoms with E-state index in [1.165, 1.54) is 19.3 Å². The molecule has 0 unspecified atom stereocenters. The Labute approximate surface area is 177 Å². The van der Waals surface area contributed by atoms with Crippen molar-refractivity contribution >= 4 is 16.8 Å². The SMILES string of the molecule is COc1ccc2nc(C(C)(C)C)c(=O)n(CC(=O)C34CC5CC(CC(C5)C3)C4)c2c1. The fourth-order valence-corrected chi connectivity index (χ4v) is 6.76. The van der Waals surface area contributed by atoms with Crippen LogP contribution in [0.1, 0.15) is 65.0 Å². The van der Waals surface area contributed by atoms with E-state index in [-0.39, 0.29) is 23.3 Å². The smallest absolute Gasteiger partial charge is 0.273 e. The van der Waals surface area contributed by atoms with Gasteiger partial charge in [-0.05, 0) is 68.4 Å². The number of rotatable bonds is 4. The van der Waals surface area contributed by atoms with Crippen LogP contribution in [0.5, 0.6) is 5.75 Å². The van der Waals surface area contributed by atoms with Crippen LogP contribution in [0.2, 0.25) is 0 Å². The molecule has 4 aliphatic rings. The summed E-state index contributed by atoms with van der Waals surface area (Å²) in [4.78, 5) is 31.9. The first-order valence-electron chi connectivity index (χ1n) is 11.3. The summed E-state index contributed by atoms with van der Waals surface area (Å²) < 4.78 is 7.06. The van der Waals surface area contributed by atoms with Crippen molar-refractivity contribution in [2.45, 2.75) is 71.3 Å². The Hall–Kier alpha value is -2.17. The molecule has 0 aliphatic heterocycles. The third kappa shape index (κ3) is 3.09. The molecule has 5 nitrogen and oxygen atoms in total. The molecule has 0 spiro atoms. The molecule has 0 N–H and O–H groups in total. The number of hydrogen-bond donors (Lipinski definition) is 0. The van der Waals surface area contributed by atoms with Crippen molar-refractivity contribution in [2.24, 2.45) is 23.2 Å². The van der Waals surface area contributed by atoms with Gasteiger partial charge in [0.2, 0.25) is 0 Å². The molecule has 1 aromatic heterocycles. The summed E-state index contributed by atoms with van der Waals surface area (Å²) >= 11 is 0. The lowest BCUT2D eigenvalue weighted by Crippen LogP contribution is -2.51. The van der Waals surface area contributed by atoms with Gasteiger partial charge in [0.1, 0.15) is 11.4 Å². The number of ketones is 1. The molecule has 4 bridgehead atoms. The highest BCUT2D eigenvalue weighted by molar-refractivity contribution is 5.87. The summed E-state index contributed by atoms with van der Waals surface area (Å²) in [5, 5.41) is 0. The maximum Gasteiger partial charge on any atom is 0.273 e. The van der Waals surface area contributed by atoms with E-state index in [9.17, 15) is 9.59 Å². The van der Waals surface area contributed by atoms with Crippen LogP contribution in [0.4, 0.5) is 0 Å². The number of hydrogen-bond acceptors (Lipinski definition) is 4. The number of benzene rings is 1. The largest absolute Gasteiger partial charge is 0.497 e. The predicted molar refractivity (Wildman–Crippen MR) is 117 cm³/mol. The van der Waals surface area contributed by atoms with Crippen LogP contribution >= 0.6 is 0 Å². The number of methoxy groups -OCH3 is 1. The van der Waals surface area contributed by atoms with Crippen molar-refractivity contribution in [1.82, 2.24) is 9.55 Å². The number of carbonyl (C=O) groups excluding carboxylic acids is 1. The van der Waals surface area contributed by atoms with Gasteiger partial charge in [-0.2, -0.15) is 0 Å². The van der Waals surface area contributed by atoms with E-state index in [0.29, 0.717) is 34.7 Å². The second-order valence-corrected chi connectivity index (χ2v) is 11.1. The van der Waals surface area contributed by atoms with Crippen LogP contribution < -0.4 is 10.3 Å². The fourth-order valence-electron chi connectivity index (χ4n) is 6.76. The van der Waals surface area contributed by atoms with Gasteiger partial charge in [-0.25, -0.2) is 4.98 Å². The molecular weight excluding hydrogens is 376 g/mol. The molecule has 4 aliphatic carbocycles. The van der Waals surface area contributed by atoms with E-state index in [1.807, 2.05) is 39.0 Å². The quantitative estimate of drug-likeness (QED) is 0.748. The maximum absolute atomic E-state index is 13.8. The van der Waals surface area contributed by atoms with Gasteiger partial charge < -0.3 is 4.74 Å². The van der Waals surface area contributed by atoms with E-state index < -0.39 is 5.41 Å². The van der Waals surface area contributed by atoms with E-state index >= 15 is 0 Å². The average Bonchev–Trinajstić information content (AvgIpc) is 2.67. The standard InChI is InChI=1S/C25H32N2O3/c1-24(2,3)22-23(29)27(20-10-18(30-4)5-6-19(20)26-22)14-21(28)25-11-15-7-16(12-25)9-17(8-15)13-25/h5-6,10,15-17H,7-9,11-14H2,1-4H3. The van der Waals surface area contributed by atoms with Crippen molar-refractivity contribution in [1.29, 1.82) is 0 Å². The molecule has 0 saturated heterocycles. The van der Waals surface area contributed by atoms with Crippen LogP contribution in [-0.2, 0) is 16.8 Å². The first kappa shape index (κ1) is 19.8. The summed E-state index contributed by atoms with van der Waals surface area (Å²) in [5.41, 5.74) is 1.17. The highest BCUT2D eigenvalue weighted by Gasteiger charge is 2.54. The topological polar surface area (TPSA) is 61.2 Å². The van der Waals surface area contributed by atoms with E-state index in [2.05, 4.69) is 4.98 Å². The van der Waals surface area contributed by atoms with Gasteiger partial charge >= 0.3 is 0 Å². The van der Waals surface area contributed by atoms with Crippen LogP contribution in [0.3, 0.4) is 0 Å². The van der Waals surface area contributed by atoms with Crippen LogP contribution in [-0.4, -0.2) is 22.4 Å². The minimum Gasteiger partial charge on any atom is -0.497 e. The molecule has 0 radical (unpaired) electrons. The van der Waals surface area contributed by atoms with Gasteiger partial charge in [0, 0.05) is 16.9 Å². The van der Waals surface area contributed by atoms with Gasteiger partial charge in [-0.3, -0.25) is 14.2 Å². The molecule has 160 valence electrons. The minimum atomic E-state index is -0.392. The Morgan fingerprint density at radius 3 is 2.27 bits per heavy atom. The van der Waals surface area contributed by atoms with Crippen molar-refractivity contribution < 1.29 is 9.53 Å². The van der Waals surface area contributed by atoms with E-state index in [0.717, 1.165) is 24.8 Å². The van der Waals surface area contributed by atoms with E-state index in [1.54, 1.807) is 11.7 Å². The highest BCUT2D eigenvalue weighted by Crippen LogP contribution is 2.60. The minimum absolute atomic E-state index is 0.139. The van der Waals surface area contributed by atoms with Gasteiger partial charge in [0.05, 0.1) is 24.7 Å². The number of fused-ring (bicyclic) bond motifs is 1. The molecular formula is C25H32N2O3. The molecule has 6 rings (SSSR count). The monoisotopic (exact) mass is 408 g/mol. The number of aromatic nitrogens is 2. The zero-order valence-electron chi connectivity index (χ0n) is 18.5. The third-order valence-electron chi connectivity index (χ3n) is 7.80. The van der Waals surface area contributed by atoms with Gasteiger partial charge in [-0.1, -0.05) is 20.8 Å². The number of nitrogens with zero attached hydrogens (tertiary/aromatic N) is 2. The van der Waals surface area contributed by atoms with Crippen molar-refractivity contribution in [3.05, 3.63) is 34.2 Å². The Morgan fingerprint density at radius 2 is 1.73 bits per heavy atom. The molecule has 5 heteroatoms. The van der Waals surface area contributed by atoms with Gasteiger partial charge in [0.25, 0.3) is 5.56 Å². The van der Waals surface area contributed by atoms with Gasteiger partial charge in [-0.15, -0.1) is 0 Å². The van der Waals surface area contributed by atoms with Crippen molar-refractivity contribution in [3.63, 3.8) is 0 Å². The average molecular weight is 409 g/mol. The van der Waals surface area contributed by atoms with E-state index in [4.69, 9.17) is 4.74 Å². The summed E-state index contributed by atoms with van der Waals surface area (Å²) in [7, 11) is 1.61. The summed E-state index contributed by atoms with van der Waals surface area (Å²) in [6.45, 7) is 6.13. The Morgan fingerprint density at radius 1 is 1.13 bits per heavy atom. The van der Waals surface area contributed by atoms with Gasteiger partial charge in [0.15, 0.2) is 5.78 Å². The Kier molecular flexibility index (Phi) is 4.39. The van der Waals surface area contributed by atoms with Crippen LogP contribution in [0, 0.1) is 23.2 Å². The molecule has 4 fully saturated rings. The molecule has 1 aromatic carbocycles. The third-order valence-corrected chi connectivity index (χ3v) is 7.80.